The van der Waals surface area contributed by atoms with Crippen molar-refractivity contribution in [3.05, 3.63) is 120 Å². The average molecular weight is 463 g/mol. The summed E-state index contributed by atoms with van der Waals surface area (Å²) in [6.45, 7) is 14.3. The number of allylic oxidation sites excluding steroid dienone is 6. The molecule has 1 unspecified atom stereocenters. The molecule has 0 spiro atoms. The van der Waals surface area contributed by atoms with Crippen LogP contribution in [0.5, 0.6) is 11.5 Å². The van der Waals surface area contributed by atoms with Crippen LogP contribution < -0.4 is 9.47 Å². The van der Waals surface area contributed by atoms with Gasteiger partial charge in [-0.15, -0.1) is 0 Å². The highest BCUT2D eigenvalue weighted by Gasteiger charge is 2.14. The van der Waals surface area contributed by atoms with E-state index in [1.165, 1.54) is 11.1 Å². The number of halogens is 1. The van der Waals surface area contributed by atoms with Crippen LogP contribution in [-0.4, -0.2) is 6.10 Å². The van der Waals surface area contributed by atoms with Gasteiger partial charge < -0.3 is 9.47 Å². The quantitative estimate of drug-likeness (QED) is 0.315. The molecule has 0 saturated carbocycles. The first-order valence-electron chi connectivity index (χ1n) is 11.2. The molecule has 0 fully saturated rings. The molecule has 0 amide bonds. The van der Waals surface area contributed by atoms with E-state index in [4.69, 9.17) is 21.1 Å². The summed E-state index contributed by atoms with van der Waals surface area (Å²) in [5, 5.41) is 0.703. The minimum Gasteiger partial charge on any atom is -0.486 e. The van der Waals surface area contributed by atoms with Crippen molar-refractivity contribution in [3.63, 3.8) is 0 Å². The van der Waals surface area contributed by atoms with Crippen LogP contribution in [0.15, 0.2) is 109 Å². The van der Waals surface area contributed by atoms with E-state index in [0.717, 1.165) is 23.5 Å². The molecule has 1 aliphatic rings. The molecule has 2 aromatic rings. The summed E-state index contributed by atoms with van der Waals surface area (Å²) in [4.78, 5) is 0. The van der Waals surface area contributed by atoms with Crippen molar-refractivity contribution in [2.75, 3.05) is 0 Å². The van der Waals surface area contributed by atoms with Gasteiger partial charge in [-0.25, -0.2) is 0 Å². The summed E-state index contributed by atoms with van der Waals surface area (Å²) >= 11 is 5.75. The second-order valence-electron chi connectivity index (χ2n) is 9.00. The van der Waals surface area contributed by atoms with Gasteiger partial charge in [-0.3, -0.25) is 0 Å². The van der Waals surface area contributed by atoms with Crippen LogP contribution in [0.4, 0.5) is 0 Å². The second kappa shape index (κ2) is 12.9. The van der Waals surface area contributed by atoms with E-state index in [2.05, 4.69) is 76.8 Å². The molecule has 0 heterocycles. The third-order valence-electron chi connectivity index (χ3n) is 4.94. The fraction of sp³-hybridized carbons (Fsp3) is 0.267. The highest BCUT2D eigenvalue weighted by molar-refractivity contribution is 6.30. The van der Waals surface area contributed by atoms with Crippen LogP contribution in [0.3, 0.4) is 0 Å². The van der Waals surface area contributed by atoms with Crippen molar-refractivity contribution < 1.29 is 9.47 Å². The minimum absolute atomic E-state index is 0.175. The molecular formula is C30H35ClO2. The van der Waals surface area contributed by atoms with Gasteiger partial charge in [-0.2, -0.15) is 0 Å². The topological polar surface area (TPSA) is 18.5 Å². The van der Waals surface area contributed by atoms with E-state index in [9.17, 15) is 0 Å². The van der Waals surface area contributed by atoms with E-state index in [1.54, 1.807) is 24.5 Å². The number of hydrogen-bond donors (Lipinski definition) is 0. The maximum atomic E-state index is 5.94. The van der Waals surface area contributed by atoms with Gasteiger partial charge in [0.2, 0.25) is 0 Å². The van der Waals surface area contributed by atoms with Gasteiger partial charge in [0.15, 0.2) is 0 Å². The van der Waals surface area contributed by atoms with E-state index < -0.39 is 0 Å². The van der Waals surface area contributed by atoms with Crippen LogP contribution in [0.2, 0.25) is 5.02 Å². The van der Waals surface area contributed by atoms with Gasteiger partial charge in [-0.05, 0) is 72.9 Å². The summed E-state index contributed by atoms with van der Waals surface area (Å²) in [6.07, 6.45) is 14.8. The standard InChI is InChI=1S/C17H22O.C13H13ClO/c1-13-5-9-15(10-6-13)18-16-11-7-14(8-12-16)17(2,3)4;1-3-4-5-11(2)10-15-13-8-6-12(14)7-9-13/h5-9,11-12,15H,10H2,1-4H3;3-10H,1H2,2H3/b;5-4-,11-10-. The van der Waals surface area contributed by atoms with Crippen LogP contribution in [-0.2, 0) is 5.41 Å². The van der Waals surface area contributed by atoms with Crippen molar-refractivity contribution in [1.29, 1.82) is 0 Å². The molecule has 0 aromatic heterocycles. The van der Waals surface area contributed by atoms with E-state index in [1.807, 2.05) is 31.2 Å². The molecule has 0 bridgehead atoms. The SMILES string of the molecule is C=C/C=C\C(C)=C/Oc1ccc(Cl)cc1.CC1=CCC(Oc2ccc(C(C)(C)C)cc2)C=C1. The molecule has 2 nitrogen and oxygen atoms in total. The molecule has 2 aromatic carbocycles. The third-order valence-corrected chi connectivity index (χ3v) is 5.20. The Morgan fingerprint density at radius 3 is 2.21 bits per heavy atom. The Kier molecular flexibility index (Phi) is 10.3. The van der Waals surface area contributed by atoms with Gasteiger partial charge in [0, 0.05) is 11.4 Å². The van der Waals surface area contributed by atoms with Crippen LogP contribution in [0.1, 0.15) is 46.6 Å². The van der Waals surface area contributed by atoms with Crippen LogP contribution >= 0.6 is 11.6 Å². The van der Waals surface area contributed by atoms with Crippen LogP contribution in [0.25, 0.3) is 0 Å². The van der Waals surface area contributed by atoms with Crippen molar-refractivity contribution in [1.82, 2.24) is 0 Å². The first-order chi connectivity index (χ1) is 15.7. The number of hydrogen-bond acceptors (Lipinski definition) is 2. The van der Waals surface area contributed by atoms with Gasteiger partial charge >= 0.3 is 0 Å². The summed E-state index contributed by atoms with van der Waals surface area (Å²) in [6, 6.07) is 15.7. The lowest BCUT2D eigenvalue weighted by atomic mass is 9.87. The lowest BCUT2D eigenvalue weighted by Crippen LogP contribution is -2.15. The Balaban J connectivity index is 0.000000238. The number of ether oxygens (including phenoxy) is 2. The van der Waals surface area contributed by atoms with Crippen molar-refractivity contribution >= 4 is 11.6 Å². The summed E-state index contributed by atoms with van der Waals surface area (Å²) in [5.41, 5.74) is 3.87. The van der Waals surface area contributed by atoms with Crippen LogP contribution in [0, 0.1) is 0 Å². The second-order valence-corrected chi connectivity index (χ2v) is 9.44. The van der Waals surface area contributed by atoms with E-state index >= 15 is 0 Å². The Morgan fingerprint density at radius 1 is 1.03 bits per heavy atom. The largest absolute Gasteiger partial charge is 0.486 e. The molecular weight excluding hydrogens is 428 g/mol. The van der Waals surface area contributed by atoms with E-state index in [-0.39, 0.29) is 11.5 Å². The summed E-state index contributed by atoms with van der Waals surface area (Å²) in [5.74, 6) is 1.72. The first-order valence-corrected chi connectivity index (χ1v) is 11.6. The predicted molar refractivity (Wildman–Crippen MR) is 142 cm³/mol. The molecule has 1 aliphatic carbocycles. The molecule has 0 aliphatic heterocycles. The first kappa shape index (κ1) is 26.3. The monoisotopic (exact) mass is 462 g/mol. The zero-order chi connectivity index (χ0) is 24.3. The Bertz CT molecular complexity index is 1000. The highest BCUT2D eigenvalue weighted by atomic mass is 35.5. The molecule has 0 N–H and O–H groups in total. The third kappa shape index (κ3) is 10.0. The zero-order valence-electron chi connectivity index (χ0n) is 20.3. The van der Waals surface area contributed by atoms with Crippen molar-refractivity contribution in [2.24, 2.45) is 0 Å². The predicted octanol–water partition coefficient (Wildman–Crippen LogP) is 9.00. The van der Waals surface area contributed by atoms with Gasteiger partial charge in [0.05, 0.1) is 6.26 Å². The average Bonchev–Trinajstić information content (AvgIpc) is 2.79. The highest BCUT2D eigenvalue weighted by Crippen LogP contribution is 2.25. The molecule has 1 atom stereocenters. The van der Waals surface area contributed by atoms with Crippen molar-refractivity contribution in [3.8, 4) is 11.5 Å². The Morgan fingerprint density at radius 2 is 1.67 bits per heavy atom. The minimum atomic E-state index is 0.175. The molecule has 3 heteroatoms. The van der Waals surface area contributed by atoms with Gasteiger partial charge in [0.25, 0.3) is 0 Å². The molecule has 33 heavy (non-hydrogen) atoms. The summed E-state index contributed by atoms with van der Waals surface area (Å²) < 4.78 is 11.4. The van der Waals surface area contributed by atoms with Gasteiger partial charge in [0.1, 0.15) is 17.6 Å². The molecule has 0 radical (unpaired) electrons. The maximum Gasteiger partial charge on any atom is 0.126 e. The lowest BCUT2D eigenvalue weighted by Gasteiger charge is -2.21. The molecule has 3 rings (SSSR count). The van der Waals surface area contributed by atoms with Gasteiger partial charge in [-0.1, -0.05) is 87.0 Å². The van der Waals surface area contributed by atoms with Crippen molar-refractivity contribution in [2.45, 2.75) is 52.6 Å². The number of rotatable bonds is 6. The number of benzene rings is 2. The Hall–Kier alpha value is -2.97. The maximum absolute atomic E-state index is 5.94. The molecule has 0 saturated heterocycles. The lowest BCUT2D eigenvalue weighted by molar-refractivity contribution is 0.251. The normalized spacial score (nSPS) is 16.0. The fourth-order valence-corrected chi connectivity index (χ4v) is 3.06. The zero-order valence-corrected chi connectivity index (χ0v) is 21.1. The van der Waals surface area contributed by atoms with E-state index in [0.29, 0.717) is 5.02 Å². The Labute approximate surface area is 204 Å². The fourth-order valence-electron chi connectivity index (χ4n) is 2.94. The molecule has 174 valence electrons. The smallest absolute Gasteiger partial charge is 0.126 e. The summed E-state index contributed by atoms with van der Waals surface area (Å²) in [7, 11) is 0.